The van der Waals surface area contributed by atoms with E-state index in [4.69, 9.17) is 16.3 Å². The molecule has 2 aromatic carbocycles. The normalized spacial score (nSPS) is 19.4. The Hall–Kier alpha value is -2.92. The van der Waals surface area contributed by atoms with Gasteiger partial charge < -0.3 is 4.74 Å². The van der Waals surface area contributed by atoms with Gasteiger partial charge in [-0.1, -0.05) is 41.9 Å². The smallest absolute Gasteiger partial charge is 0.322 e. The number of ketones is 1. The van der Waals surface area contributed by atoms with E-state index in [1.54, 1.807) is 29.2 Å². The van der Waals surface area contributed by atoms with Gasteiger partial charge in [0, 0.05) is 11.8 Å². The maximum Gasteiger partial charge on any atom is 0.322 e. The minimum absolute atomic E-state index is 0.229. The number of aryl methyl sites for hydroxylation is 2. The van der Waals surface area contributed by atoms with Crippen molar-refractivity contribution in [3.63, 3.8) is 0 Å². The van der Waals surface area contributed by atoms with E-state index in [2.05, 4.69) is 5.10 Å². The van der Waals surface area contributed by atoms with Gasteiger partial charge in [0.2, 0.25) is 0 Å². The van der Waals surface area contributed by atoms with E-state index < -0.39 is 18.0 Å². The van der Waals surface area contributed by atoms with Crippen LogP contribution in [0.25, 0.3) is 5.69 Å². The molecule has 2 atom stereocenters. The summed E-state index contributed by atoms with van der Waals surface area (Å²) < 4.78 is 7.09. The van der Waals surface area contributed by atoms with Crippen molar-refractivity contribution in [3.05, 3.63) is 82.1 Å². The number of esters is 1. The zero-order valence-electron chi connectivity index (χ0n) is 14.8. The highest BCUT2D eigenvalue weighted by molar-refractivity contribution is 6.30. The van der Waals surface area contributed by atoms with E-state index >= 15 is 0 Å². The van der Waals surface area contributed by atoms with E-state index in [0.717, 1.165) is 16.8 Å². The number of carbonyl (C=O) groups excluding carboxylic acids is 2. The monoisotopic (exact) mass is 380 g/mol. The molecule has 6 heteroatoms. The molecule has 1 fully saturated rings. The first-order valence-corrected chi connectivity index (χ1v) is 8.94. The number of rotatable bonds is 3. The molecule has 5 nitrogen and oxygen atoms in total. The largest absolute Gasteiger partial charge is 0.449 e. The first-order chi connectivity index (χ1) is 13.0. The van der Waals surface area contributed by atoms with Crippen molar-refractivity contribution in [2.24, 2.45) is 0 Å². The third-order valence-electron chi connectivity index (χ3n) is 4.80. The average molecular weight is 381 g/mol. The molecule has 0 radical (unpaired) electrons. The fourth-order valence-corrected chi connectivity index (χ4v) is 3.75. The quantitative estimate of drug-likeness (QED) is 0.507. The minimum atomic E-state index is -0.912. The van der Waals surface area contributed by atoms with Crippen molar-refractivity contribution in [2.75, 3.05) is 0 Å². The summed E-state index contributed by atoms with van der Waals surface area (Å²) in [6.07, 6.45) is 2.41. The number of ether oxygens (including phenoxy) is 1. The van der Waals surface area contributed by atoms with Crippen LogP contribution in [0.1, 0.15) is 34.3 Å². The molecule has 27 heavy (non-hydrogen) atoms. The van der Waals surface area contributed by atoms with Crippen LogP contribution in [-0.2, 0) is 14.3 Å². The molecule has 1 saturated heterocycles. The summed E-state index contributed by atoms with van der Waals surface area (Å²) in [5.74, 6) is -1.65. The van der Waals surface area contributed by atoms with Gasteiger partial charge in [0.15, 0.2) is 11.9 Å². The number of benzene rings is 2. The van der Waals surface area contributed by atoms with Gasteiger partial charge in [-0.3, -0.25) is 9.59 Å². The van der Waals surface area contributed by atoms with Crippen molar-refractivity contribution < 1.29 is 14.3 Å². The van der Waals surface area contributed by atoms with Gasteiger partial charge in [-0.2, -0.15) is 5.10 Å². The lowest BCUT2D eigenvalue weighted by atomic mass is 9.86. The third-order valence-corrected chi connectivity index (χ3v) is 4.99. The van der Waals surface area contributed by atoms with Gasteiger partial charge in [0.25, 0.3) is 0 Å². The molecule has 4 rings (SSSR count). The van der Waals surface area contributed by atoms with Gasteiger partial charge in [-0.05, 0) is 42.7 Å². The minimum Gasteiger partial charge on any atom is -0.449 e. The summed E-state index contributed by atoms with van der Waals surface area (Å²) >= 11 is 5.95. The zero-order chi connectivity index (χ0) is 19.1. The molecule has 0 aliphatic carbocycles. The number of nitrogens with zero attached hydrogens (tertiary/aromatic N) is 2. The summed E-state index contributed by atoms with van der Waals surface area (Å²) in [6.45, 7) is 3.76. The van der Waals surface area contributed by atoms with Crippen LogP contribution in [0.15, 0.2) is 54.9 Å². The van der Waals surface area contributed by atoms with Crippen LogP contribution in [0.5, 0.6) is 0 Å². The van der Waals surface area contributed by atoms with Gasteiger partial charge in [-0.15, -0.1) is 0 Å². The number of carbonyl (C=O) groups is 2. The standard InChI is InChI=1S/C21H17ClN2O3/c1-12-8-16(24-11-15(22)10-23-24)9-13(2)17(12)18-19(25)20(27-21(18)26)14-6-4-3-5-7-14/h3-11,18,20H,1-2H3. The molecule has 1 aromatic heterocycles. The molecule has 0 spiro atoms. The molecule has 1 aliphatic rings. The fraction of sp³-hybridized carbons (Fsp3) is 0.190. The summed E-state index contributed by atoms with van der Waals surface area (Å²) in [4.78, 5) is 25.6. The van der Waals surface area contributed by atoms with Gasteiger partial charge >= 0.3 is 5.97 Å². The molecule has 1 aliphatic heterocycles. The van der Waals surface area contributed by atoms with Crippen molar-refractivity contribution in [3.8, 4) is 5.69 Å². The summed E-state index contributed by atoms with van der Waals surface area (Å²) in [7, 11) is 0. The number of Topliss-reactive ketones (excluding diaryl/α,β-unsaturated/α-hetero) is 1. The van der Waals surface area contributed by atoms with Crippen LogP contribution in [0.2, 0.25) is 5.02 Å². The second-order valence-corrected chi connectivity index (χ2v) is 7.10. The van der Waals surface area contributed by atoms with E-state index in [1.165, 1.54) is 0 Å². The third kappa shape index (κ3) is 3.04. The highest BCUT2D eigenvalue weighted by Gasteiger charge is 2.46. The number of aromatic nitrogens is 2. The van der Waals surface area contributed by atoms with Crippen LogP contribution in [0.3, 0.4) is 0 Å². The molecule has 0 N–H and O–H groups in total. The first-order valence-electron chi connectivity index (χ1n) is 8.56. The molecule has 0 saturated carbocycles. The van der Waals surface area contributed by atoms with Crippen LogP contribution < -0.4 is 0 Å². The predicted molar refractivity (Wildman–Crippen MR) is 101 cm³/mol. The number of cyclic esters (lactones) is 1. The maximum absolute atomic E-state index is 13.0. The lowest BCUT2D eigenvalue weighted by Gasteiger charge is -2.15. The van der Waals surface area contributed by atoms with Gasteiger partial charge in [0.1, 0.15) is 5.92 Å². The van der Waals surface area contributed by atoms with Crippen molar-refractivity contribution in [2.45, 2.75) is 25.9 Å². The van der Waals surface area contributed by atoms with E-state index in [0.29, 0.717) is 16.1 Å². The zero-order valence-corrected chi connectivity index (χ0v) is 15.6. The Kier molecular flexibility index (Phi) is 4.32. The Labute approximate surface area is 161 Å². The Morgan fingerprint density at radius 3 is 2.33 bits per heavy atom. The lowest BCUT2D eigenvalue weighted by Crippen LogP contribution is -2.17. The molecule has 2 unspecified atom stereocenters. The number of hydrogen-bond donors (Lipinski definition) is 0. The Morgan fingerprint density at radius 2 is 1.74 bits per heavy atom. The topological polar surface area (TPSA) is 61.2 Å². The average Bonchev–Trinajstić information content (AvgIpc) is 3.20. The molecular formula is C21H17ClN2O3. The number of hydrogen-bond acceptors (Lipinski definition) is 4. The molecule has 2 heterocycles. The van der Waals surface area contributed by atoms with Crippen LogP contribution in [0.4, 0.5) is 0 Å². The Bertz CT molecular complexity index is 1020. The summed E-state index contributed by atoms with van der Waals surface area (Å²) in [5.41, 5.74) is 3.88. The summed E-state index contributed by atoms with van der Waals surface area (Å²) in [6, 6.07) is 12.9. The maximum atomic E-state index is 13.0. The molecule has 3 aromatic rings. The lowest BCUT2D eigenvalue weighted by molar-refractivity contribution is -0.143. The molecule has 136 valence electrons. The SMILES string of the molecule is Cc1cc(-n2cc(Cl)cn2)cc(C)c1C1C(=O)OC(c2ccccc2)C1=O. The van der Waals surface area contributed by atoms with E-state index in [-0.39, 0.29) is 5.78 Å². The van der Waals surface area contributed by atoms with Crippen LogP contribution >= 0.6 is 11.6 Å². The van der Waals surface area contributed by atoms with Gasteiger partial charge in [-0.25, -0.2) is 4.68 Å². The van der Waals surface area contributed by atoms with Crippen molar-refractivity contribution >= 4 is 23.4 Å². The molecular weight excluding hydrogens is 364 g/mol. The van der Waals surface area contributed by atoms with Gasteiger partial charge in [0.05, 0.1) is 16.9 Å². The second-order valence-electron chi connectivity index (χ2n) is 6.66. The van der Waals surface area contributed by atoms with Crippen molar-refractivity contribution in [1.82, 2.24) is 9.78 Å². The highest BCUT2D eigenvalue weighted by Crippen LogP contribution is 2.39. The summed E-state index contributed by atoms with van der Waals surface area (Å²) in [5, 5.41) is 4.74. The van der Waals surface area contributed by atoms with Crippen LogP contribution in [0, 0.1) is 13.8 Å². The second kappa shape index (κ2) is 6.67. The van der Waals surface area contributed by atoms with Crippen molar-refractivity contribution in [1.29, 1.82) is 0 Å². The molecule has 0 amide bonds. The predicted octanol–water partition coefficient (Wildman–Crippen LogP) is 4.09. The van der Waals surface area contributed by atoms with E-state index in [1.807, 2.05) is 44.2 Å². The van der Waals surface area contributed by atoms with Crippen LogP contribution in [-0.4, -0.2) is 21.5 Å². The number of halogens is 1. The molecule has 0 bridgehead atoms. The Balaban J connectivity index is 1.73. The fourth-order valence-electron chi connectivity index (χ4n) is 3.61. The first kappa shape index (κ1) is 17.5. The highest BCUT2D eigenvalue weighted by atomic mass is 35.5. The Morgan fingerprint density at radius 1 is 1.07 bits per heavy atom. The van der Waals surface area contributed by atoms with E-state index in [9.17, 15) is 9.59 Å².